The molecular weight excluding hydrogens is 202 g/mol. The van der Waals surface area contributed by atoms with Crippen LogP contribution in [0.2, 0.25) is 5.02 Å². The normalized spacial score (nSPS) is 19.9. The van der Waals surface area contributed by atoms with Gasteiger partial charge in [0.1, 0.15) is 12.7 Å². The number of hydrogen-bond acceptors (Lipinski definition) is 3. The van der Waals surface area contributed by atoms with E-state index in [-0.39, 0.29) is 6.10 Å². The molecule has 14 heavy (non-hydrogen) atoms. The van der Waals surface area contributed by atoms with Gasteiger partial charge in [-0.25, -0.2) is 0 Å². The monoisotopic (exact) mass is 211 g/mol. The third-order valence-corrected chi connectivity index (χ3v) is 2.06. The van der Waals surface area contributed by atoms with Gasteiger partial charge in [0.25, 0.3) is 0 Å². The first-order chi connectivity index (χ1) is 6.84. The highest BCUT2D eigenvalue weighted by atomic mass is 35.5. The minimum atomic E-state index is 0.167. The summed E-state index contributed by atoms with van der Waals surface area (Å²) in [6, 6.07) is 7.47. The Hall–Kier alpha value is -1.06. The maximum atomic E-state index is 5.74. The average molecular weight is 212 g/mol. The van der Waals surface area contributed by atoms with Crippen molar-refractivity contribution in [1.29, 1.82) is 0 Å². The topological polar surface area (TPSA) is 34.1 Å². The van der Waals surface area contributed by atoms with Gasteiger partial charge in [-0.05, 0) is 17.7 Å². The number of ether oxygens (including phenoxy) is 1. The van der Waals surface area contributed by atoms with Crippen molar-refractivity contribution in [3.8, 4) is 0 Å². The maximum Gasteiger partial charge on any atom is 0.142 e. The summed E-state index contributed by atoms with van der Waals surface area (Å²) in [6.45, 7) is 1.22. The highest BCUT2D eigenvalue weighted by molar-refractivity contribution is 6.30. The highest BCUT2D eigenvalue weighted by Crippen LogP contribution is 2.10. The quantitative estimate of drug-likeness (QED) is 0.435. The molecule has 0 saturated carbocycles. The maximum absolute atomic E-state index is 5.74. The van der Waals surface area contributed by atoms with Crippen molar-refractivity contribution in [3.63, 3.8) is 0 Å². The molecule has 1 atom stereocenters. The fraction of sp³-hybridized carbons (Fsp3) is 0.300. The fourth-order valence-corrected chi connectivity index (χ4v) is 1.07. The molecule has 1 heterocycles. The van der Waals surface area contributed by atoms with Gasteiger partial charge in [-0.15, -0.1) is 0 Å². The van der Waals surface area contributed by atoms with Gasteiger partial charge in [-0.1, -0.05) is 28.9 Å². The van der Waals surface area contributed by atoms with E-state index in [1.165, 1.54) is 0 Å². The molecule has 0 aromatic heterocycles. The van der Waals surface area contributed by atoms with Crippen LogP contribution in [0, 0.1) is 0 Å². The van der Waals surface area contributed by atoms with Gasteiger partial charge in [-0.2, -0.15) is 0 Å². The molecule has 3 nitrogen and oxygen atoms in total. The van der Waals surface area contributed by atoms with E-state index in [1.54, 1.807) is 6.21 Å². The summed E-state index contributed by atoms with van der Waals surface area (Å²) < 4.78 is 4.93. The van der Waals surface area contributed by atoms with Crippen LogP contribution in [0.4, 0.5) is 0 Å². The van der Waals surface area contributed by atoms with E-state index < -0.39 is 0 Å². The van der Waals surface area contributed by atoms with Crippen LogP contribution in [-0.2, 0) is 16.2 Å². The van der Waals surface area contributed by atoms with Gasteiger partial charge in [0.05, 0.1) is 12.8 Å². The Morgan fingerprint density at radius 3 is 2.86 bits per heavy atom. The molecule has 1 saturated heterocycles. The molecule has 0 amide bonds. The van der Waals surface area contributed by atoms with E-state index in [2.05, 4.69) is 5.16 Å². The lowest BCUT2D eigenvalue weighted by Gasteiger charge is -1.98. The van der Waals surface area contributed by atoms with E-state index in [0.717, 1.165) is 17.2 Å². The number of nitrogens with zero attached hydrogens (tertiary/aromatic N) is 1. The van der Waals surface area contributed by atoms with E-state index in [9.17, 15) is 0 Å². The summed E-state index contributed by atoms with van der Waals surface area (Å²) in [5, 5.41) is 4.49. The summed E-state index contributed by atoms with van der Waals surface area (Å²) >= 11 is 5.74. The van der Waals surface area contributed by atoms with Crippen LogP contribution in [0.1, 0.15) is 5.56 Å². The second kappa shape index (κ2) is 4.44. The first-order valence-corrected chi connectivity index (χ1v) is 4.74. The smallest absolute Gasteiger partial charge is 0.142 e. The summed E-state index contributed by atoms with van der Waals surface area (Å²) in [7, 11) is 0. The Morgan fingerprint density at radius 1 is 1.50 bits per heavy atom. The van der Waals surface area contributed by atoms with Crippen LogP contribution in [-0.4, -0.2) is 18.9 Å². The molecule has 1 aromatic carbocycles. The van der Waals surface area contributed by atoms with Crippen molar-refractivity contribution >= 4 is 17.8 Å². The molecule has 1 fully saturated rings. The predicted molar refractivity (Wildman–Crippen MR) is 54.5 cm³/mol. The number of rotatable bonds is 4. The Bertz CT molecular complexity index is 319. The Labute approximate surface area is 87.3 Å². The van der Waals surface area contributed by atoms with E-state index in [4.69, 9.17) is 21.2 Å². The number of oxime groups is 1. The van der Waals surface area contributed by atoms with Gasteiger partial charge in [0, 0.05) is 5.02 Å². The molecule has 0 spiro atoms. The molecule has 2 rings (SSSR count). The van der Waals surface area contributed by atoms with Gasteiger partial charge < -0.3 is 9.57 Å². The van der Waals surface area contributed by atoms with Crippen LogP contribution in [0.3, 0.4) is 0 Å². The summed E-state index contributed by atoms with van der Waals surface area (Å²) in [5.41, 5.74) is 1.04. The van der Waals surface area contributed by atoms with Crippen LogP contribution in [0.15, 0.2) is 29.4 Å². The second-order valence-electron chi connectivity index (χ2n) is 3.03. The molecule has 0 aliphatic carbocycles. The summed E-state index contributed by atoms with van der Waals surface area (Å²) in [6.07, 6.45) is 1.83. The van der Waals surface area contributed by atoms with Gasteiger partial charge >= 0.3 is 0 Å². The van der Waals surface area contributed by atoms with Gasteiger partial charge in [-0.3, -0.25) is 0 Å². The molecule has 4 heteroatoms. The van der Waals surface area contributed by atoms with E-state index in [0.29, 0.717) is 6.61 Å². The molecule has 0 radical (unpaired) electrons. The number of epoxide rings is 1. The molecule has 74 valence electrons. The number of benzene rings is 1. The molecule has 1 aliphatic heterocycles. The summed E-state index contributed by atoms with van der Waals surface area (Å²) in [4.78, 5) is 5.06. The third-order valence-electron chi connectivity index (χ3n) is 1.81. The zero-order valence-corrected chi connectivity index (χ0v) is 8.28. The van der Waals surface area contributed by atoms with Gasteiger partial charge in [0.2, 0.25) is 0 Å². The van der Waals surface area contributed by atoms with E-state index in [1.807, 2.05) is 24.3 Å². The van der Waals surface area contributed by atoms with Crippen molar-refractivity contribution in [2.45, 2.75) is 12.7 Å². The fourth-order valence-electron chi connectivity index (χ4n) is 0.945. The molecule has 1 aliphatic rings. The minimum absolute atomic E-state index is 0.167. The predicted octanol–water partition coefficient (Wildman–Crippen LogP) is 2.24. The lowest BCUT2D eigenvalue weighted by molar-refractivity contribution is 0.131. The first-order valence-electron chi connectivity index (χ1n) is 4.36. The van der Waals surface area contributed by atoms with Crippen molar-refractivity contribution in [3.05, 3.63) is 34.9 Å². The largest absolute Gasteiger partial charge is 0.391 e. The average Bonchev–Trinajstić information content (AvgIpc) is 2.99. The summed E-state index contributed by atoms with van der Waals surface area (Å²) in [5.74, 6) is 0. The molecule has 0 bridgehead atoms. The van der Waals surface area contributed by atoms with Crippen LogP contribution in [0.5, 0.6) is 0 Å². The van der Waals surface area contributed by atoms with Crippen molar-refractivity contribution < 1.29 is 9.57 Å². The lowest BCUT2D eigenvalue weighted by Crippen LogP contribution is -1.90. The Morgan fingerprint density at radius 2 is 2.21 bits per heavy atom. The zero-order valence-electron chi connectivity index (χ0n) is 7.52. The van der Waals surface area contributed by atoms with Crippen LogP contribution in [0.25, 0.3) is 0 Å². The molecular formula is C10H10ClNO2. The van der Waals surface area contributed by atoms with Crippen LogP contribution < -0.4 is 0 Å². The van der Waals surface area contributed by atoms with Crippen molar-refractivity contribution in [1.82, 2.24) is 0 Å². The van der Waals surface area contributed by atoms with Gasteiger partial charge in [0.15, 0.2) is 0 Å². The molecule has 1 aromatic rings. The number of hydrogen-bond donors (Lipinski definition) is 0. The SMILES string of the molecule is Clc1ccc(CO/N=C/[C@@H]2CO2)cc1. The molecule has 0 N–H and O–H groups in total. The zero-order chi connectivity index (χ0) is 9.80. The standard InChI is InChI=1S/C10H10ClNO2/c11-9-3-1-8(2-4-9)6-14-12-5-10-7-13-10/h1-5,10H,6-7H2/b12-5+/t10-/m1/s1. The number of halogens is 1. The molecule has 0 unspecified atom stereocenters. The third kappa shape index (κ3) is 3.01. The highest BCUT2D eigenvalue weighted by Gasteiger charge is 2.19. The minimum Gasteiger partial charge on any atom is -0.391 e. The lowest BCUT2D eigenvalue weighted by atomic mass is 10.2. The van der Waals surface area contributed by atoms with Crippen LogP contribution >= 0.6 is 11.6 Å². The van der Waals surface area contributed by atoms with Crippen molar-refractivity contribution in [2.75, 3.05) is 6.61 Å². The van der Waals surface area contributed by atoms with E-state index >= 15 is 0 Å². The Balaban J connectivity index is 1.76. The Kier molecular flexibility index (Phi) is 3.01. The second-order valence-corrected chi connectivity index (χ2v) is 3.46. The first kappa shape index (κ1) is 9.49. The van der Waals surface area contributed by atoms with Crippen molar-refractivity contribution in [2.24, 2.45) is 5.16 Å².